The second kappa shape index (κ2) is 4.11. The van der Waals surface area contributed by atoms with Crippen molar-refractivity contribution in [2.45, 2.75) is 6.04 Å². The molecule has 74 valence electrons. The number of benzene rings is 1. The number of halogens is 1. The molecule has 1 atom stereocenters. The van der Waals surface area contributed by atoms with Crippen LogP contribution in [0.4, 0.5) is 0 Å². The Morgan fingerprint density at radius 1 is 1.57 bits per heavy atom. The predicted octanol–water partition coefficient (Wildman–Crippen LogP) is 1.55. The van der Waals surface area contributed by atoms with Crippen molar-refractivity contribution >= 4 is 21.8 Å². The molecule has 0 fully saturated rings. The Hall–Kier alpha value is -0.870. The van der Waals surface area contributed by atoms with E-state index < -0.39 is 0 Å². The van der Waals surface area contributed by atoms with Crippen LogP contribution in [0.25, 0.3) is 0 Å². The number of nitrogens with zero attached hydrogens (tertiary/aromatic N) is 1. The molecule has 0 saturated heterocycles. The number of rotatable bonds is 2. The second-order valence-electron chi connectivity index (χ2n) is 3.15. The molecule has 1 aliphatic rings. The lowest BCUT2D eigenvalue weighted by molar-refractivity contribution is 0.319. The van der Waals surface area contributed by atoms with Gasteiger partial charge in [0, 0.05) is 16.6 Å². The Kier molecular flexibility index (Phi) is 2.84. The van der Waals surface area contributed by atoms with Crippen LogP contribution >= 0.6 is 15.9 Å². The van der Waals surface area contributed by atoms with Gasteiger partial charge in [-0.2, -0.15) is 0 Å². The lowest BCUT2D eigenvalue weighted by Gasteiger charge is -2.00. The van der Waals surface area contributed by atoms with Crippen molar-refractivity contribution < 1.29 is 4.74 Å². The topological polar surface area (TPSA) is 47.6 Å². The lowest BCUT2D eigenvalue weighted by Crippen LogP contribution is -2.18. The summed E-state index contributed by atoms with van der Waals surface area (Å²) >= 11 is 3.41. The van der Waals surface area contributed by atoms with E-state index in [0.717, 1.165) is 10.0 Å². The molecule has 0 aliphatic carbocycles. The number of aliphatic imine (C=N–C) groups is 1. The largest absolute Gasteiger partial charge is 0.475 e. The fourth-order valence-electron chi connectivity index (χ4n) is 1.32. The summed E-state index contributed by atoms with van der Waals surface area (Å²) in [5.74, 6) is 0.696. The Balaban J connectivity index is 2.24. The van der Waals surface area contributed by atoms with E-state index >= 15 is 0 Å². The summed E-state index contributed by atoms with van der Waals surface area (Å²) in [6.45, 7) is 1.13. The van der Waals surface area contributed by atoms with Gasteiger partial charge in [0.15, 0.2) is 0 Å². The zero-order valence-electron chi connectivity index (χ0n) is 7.61. The van der Waals surface area contributed by atoms with Crippen molar-refractivity contribution in [3.8, 4) is 0 Å². The maximum Gasteiger partial charge on any atom is 0.216 e. The van der Waals surface area contributed by atoms with Gasteiger partial charge in [0.05, 0.1) is 0 Å². The third kappa shape index (κ3) is 1.96. The molecule has 1 heterocycles. The molecule has 0 spiro atoms. The molecule has 0 saturated carbocycles. The molecule has 0 amide bonds. The van der Waals surface area contributed by atoms with E-state index in [0.29, 0.717) is 19.0 Å². The summed E-state index contributed by atoms with van der Waals surface area (Å²) in [6.07, 6.45) is 0. The van der Waals surface area contributed by atoms with E-state index in [1.807, 2.05) is 24.3 Å². The highest BCUT2D eigenvalue weighted by atomic mass is 79.9. The van der Waals surface area contributed by atoms with Gasteiger partial charge in [-0.25, -0.2) is 4.99 Å². The maximum absolute atomic E-state index is 5.51. The molecule has 1 aromatic carbocycles. The number of ether oxygens (including phenoxy) is 1. The van der Waals surface area contributed by atoms with Gasteiger partial charge in [-0.1, -0.05) is 22.0 Å². The minimum Gasteiger partial charge on any atom is -0.475 e. The molecule has 0 aromatic heterocycles. The van der Waals surface area contributed by atoms with Gasteiger partial charge in [0.1, 0.15) is 12.6 Å². The van der Waals surface area contributed by atoms with Gasteiger partial charge in [0.2, 0.25) is 5.90 Å². The highest BCUT2D eigenvalue weighted by Crippen LogP contribution is 2.16. The van der Waals surface area contributed by atoms with Crippen molar-refractivity contribution in [3.63, 3.8) is 0 Å². The van der Waals surface area contributed by atoms with E-state index in [1.165, 1.54) is 0 Å². The maximum atomic E-state index is 5.51. The van der Waals surface area contributed by atoms with Gasteiger partial charge in [-0.05, 0) is 18.2 Å². The van der Waals surface area contributed by atoms with Gasteiger partial charge in [-0.3, -0.25) is 0 Å². The minimum atomic E-state index is 0.115. The fourth-order valence-corrected chi connectivity index (χ4v) is 1.71. The van der Waals surface area contributed by atoms with E-state index in [4.69, 9.17) is 10.5 Å². The molecule has 4 heteroatoms. The number of hydrogen-bond donors (Lipinski definition) is 1. The highest BCUT2D eigenvalue weighted by Gasteiger charge is 2.18. The van der Waals surface area contributed by atoms with Crippen LogP contribution in [-0.4, -0.2) is 25.1 Å². The zero-order valence-corrected chi connectivity index (χ0v) is 9.20. The molecular weight excluding hydrogens is 244 g/mol. The van der Waals surface area contributed by atoms with Crippen LogP contribution in [0.15, 0.2) is 33.7 Å². The van der Waals surface area contributed by atoms with E-state index in [1.54, 1.807) is 0 Å². The summed E-state index contributed by atoms with van der Waals surface area (Å²) in [5.41, 5.74) is 6.50. The summed E-state index contributed by atoms with van der Waals surface area (Å²) in [4.78, 5) is 4.37. The average Bonchev–Trinajstić information content (AvgIpc) is 2.66. The molecule has 2 N–H and O–H groups in total. The van der Waals surface area contributed by atoms with Crippen LogP contribution in [0, 0.1) is 0 Å². The Bertz CT molecular complexity index is 365. The predicted molar refractivity (Wildman–Crippen MR) is 59.5 cm³/mol. The van der Waals surface area contributed by atoms with Crippen LogP contribution in [-0.2, 0) is 4.74 Å². The molecule has 1 unspecified atom stereocenters. The number of hydrogen-bond acceptors (Lipinski definition) is 3. The van der Waals surface area contributed by atoms with Crippen LogP contribution < -0.4 is 5.73 Å². The molecule has 3 nitrogen and oxygen atoms in total. The summed E-state index contributed by atoms with van der Waals surface area (Å²) < 4.78 is 6.47. The highest BCUT2D eigenvalue weighted by molar-refractivity contribution is 9.10. The monoisotopic (exact) mass is 254 g/mol. The summed E-state index contributed by atoms with van der Waals surface area (Å²) in [7, 11) is 0. The van der Waals surface area contributed by atoms with Crippen LogP contribution in [0.2, 0.25) is 0 Å². The van der Waals surface area contributed by atoms with Crippen LogP contribution in [0.5, 0.6) is 0 Å². The summed E-state index contributed by atoms with van der Waals surface area (Å²) in [6, 6.07) is 8.00. The van der Waals surface area contributed by atoms with Crippen molar-refractivity contribution in [3.05, 3.63) is 34.3 Å². The first-order chi connectivity index (χ1) is 6.79. The van der Waals surface area contributed by atoms with Crippen molar-refractivity contribution in [2.75, 3.05) is 13.2 Å². The van der Waals surface area contributed by atoms with Crippen molar-refractivity contribution in [2.24, 2.45) is 10.7 Å². The van der Waals surface area contributed by atoms with E-state index in [2.05, 4.69) is 20.9 Å². The standard InChI is InChI=1S/C10H11BrN2O/c11-8-3-1-2-7(4-8)10-13-9(5-12)6-14-10/h1-4,9H,5-6,12H2. The lowest BCUT2D eigenvalue weighted by atomic mass is 10.2. The minimum absolute atomic E-state index is 0.115. The Morgan fingerprint density at radius 2 is 2.43 bits per heavy atom. The first-order valence-corrected chi connectivity index (χ1v) is 5.25. The van der Waals surface area contributed by atoms with E-state index in [-0.39, 0.29) is 6.04 Å². The van der Waals surface area contributed by atoms with Gasteiger partial charge in [0.25, 0.3) is 0 Å². The molecule has 0 radical (unpaired) electrons. The molecule has 14 heavy (non-hydrogen) atoms. The smallest absolute Gasteiger partial charge is 0.216 e. The molecule has 1 aliphatic heterocycles. The first-order valence-electron chi connectivity index (χ1n) is 4.46. The fraction of sp³-hybridized carbons (Fsp3) is 0.300. The molecular formula is C10H11BrN2O. The molecule has 1 aromatic rings. The van der Waals surface area contributed by atoms with Gasteiger partial charge < -0.3 is 10.5 Å². The second-order valence-corrected chi connectivity index (χ2v) is 4.06. The SMILES string of the molecule is NCC1COC(c2cccc(Br)c2)=N1. The first kappa shape index (κ1) is 9.68. The molecule has 0 bridgehead atoms. The van der Waals surface area contributed by atoms with Gasteiger partial charge >= 0.3 is 0 Å². The third-order valence-corrected chi connectivity index (χ3v) is 2.55. The Labute approximate surface area is 91.1 Å². The molecule has 2 rings (SSSR count). The zero-order chi connectivity index (χ0) is 9.97. The van der Waals surface area contributed by atoms with E-state index in [9.17, 15) is 0 Å². The average molecular weight is 255 g/mol. The van der Waals surface area contributed by atoms with Gasteiger partial charge in [-0.15, -0.1) is 0 Å². The summed E-state index contributed by atoms with van der Waals surface area (Å²) in [5, 5.41) is 0. The third-order valence-electron chi connectivity index (χ3n) is 2.06. The number of nitrogens with two attached hydrogens (primary N) is 1. The Morgan fingerprint density at radius 3 is 3.07 bits per heavy atom. The van der Waals surface area contributed by atoms with Crippen LogP contribution in [0.3, 0.4) is 0 Å². The van der Waals surface area contributed by atoms with Crippen LogP contribution in [0.1, 0.15) is 5.56 Å². The van der Waals surface area contributed by atoms with Crippen molar-refractivity contribution in [1.82, 2.24) is 0 Å². The van der Waals surface area contributed by atoms with Crippen molar-refractivity contribution in [1.29, 1.82) is 0 Å². The quantitative estimate of drug-likeness (QED) is 0.871. The normalized spacial score (nSPS) is 20.4.